The van der Waals surface area contributed by atoms with Gasteiger partial charge < -0.3 is 10.1 Å². The van der Waals surface area contributed by atoms with Crippen molar-refractivity contribution in [2.45, 2.75) is 12.1 Å². The van der Waals surface area contributed by atoms with Gasteiger partial charge >= 0.3 is 0 Å². The first-order valence-corrected chi connectivity index (χ1v) is 9.70. The Morgan fingerprint density at radius 1 is 1.25 bits per heavy atom. The molecule has 0 saturated carbocycles. The molecule has 7 heteroatoms. The van der Waals surface area contributed by atoms with Gasteiger partial charge in [0.15, 0.2) is 5.16 Å². The second-order valence-electron chi connectivity index (χ2n) is 5.75. The number of nitrogens with zero attached hydrogens (tertiary/aromatic N) is 2. The van der Waals surface area contributed by atoms with Crippen LogP contribution in [-0.2, 0) is 4.79 Å². The van der Waals surface area contributed by atoms with E-state index < -0.39 is 0 Å². The molecule has 3 aromatic rings. The molecule has 0 aliphatic rings. The predicted octanol–water partition coefficient (Wildman–Crippen LogP) is 2.63. The number of hydrogen-bond donors (Lipinski definition) is 1. The minimum atomic E-state index is -0.219. The molecule has 0 bridgehead atoms. The van der Waals surface area contributed by atoms with E-state index in [4.69, 9.17) is 11.2 Å². The molecule has 1 aromatic heterocycles. The van der Waals surface area contributed by atoms with E-state index in [1.165, 1.54) is 16.3 Å². The van der Waals surface area contributed by atoms with E-state index in [9.17, 15) is 9.59 Å². The number of carbonyl (C=O) groups is 1. The quantitative estimate of drug-likeness (QED) is 0.380. The molecule has 0 unspecified atom stereocenters. The third-order valence-electron chi connectivity index (χ3n) is 3.87. The number of aromatic nitrogens is 2. The first kappa shape index (κ1) is 19.5. The van der Waals surface area contributed by atoms with Crippen LogP contribution in [0.25, 0.3) is 16.6 Å². The number of hydrogen-bond acceptors (Lipinski definition) is 5. The zero-order valence-corrected chi connectivity index (χ0v) is 16.2. The molecular formula is C21H19N3O3S. The lowest BCUT2D eigenvalue weighted by Crippen LogP contribution is -2.26. The standard InChI is InChI=1S/C21H19N3O3S/c1-3-13-22-19(25)14-28-21-23-18-8-6-5-7-17(18)20(26)24(21)15-9-11-16(12-10-15)27-4-2/h1,5-12H,4,13-14H2,2H3,(H,22,25). The van der Waals surface area contributed by atoms with Crippen LogP contribution in [-0.4, -0.2) is 34.4 Å². The van der Waals surface area contributed by atoms with Gasteiger partial charge in [-0.2, -0.15) is 0 Å². The summed E-state index contributed by atoms with van der Waals surface area (Å²) in [6.07, 6.45) is 5.16. The number of carbonyl (C=O) groups excluding carboxylic acids is 1. The highest BCUT2D eigenvalue weighted by Crippen LogP contribution is 2.22. The third-order valence-corrected chi connectivity index (χ3v) is 4.81. The Morgan fingerprint density at radius 2 is 2.00 bits per heavy atom. The van der Waals surface area contributed by atoms with Gasteiger partial charge in [-0.25, -0.2) is 4.98 Å². The smallest absolute Gasteiger partial charge is 0.266 e. The number of para-hydroxylation sites is 1. The highest BCUT2D eigenvalue weighted by Gasteiger charge is 2.14. The molecule has 2 aromatic carbocycles. The normalized spacial score (nSPS) is 10.4. The van der Waals surface area contributed by atoms with Crippen LogP contribution in [0.4, 0.5) is 0 Å². The van der Waals surface area contributed by atoms with Gasteiger partial charge in [-0.1, -0.05) is 29.8 Å². The van der Waals surface area contributed by atoms with Crippen molar-refractivity contribution >= 4 is 28.6 Å². The topological polar surface area (TPSA) is 73.2 Å². The second kappa shape index (κ2) is 9.11. The number of amides is 1. The lowest BCUT2D eigenvalue weighted by Gasteiger charge is -2.13. The number of rotatable bonds is 7. The summed E-state index contributed by atoms with van der Waals surface area (Å²) < 4.78 is 6.98. The number of nitrogens with one attached hydrogen (secondary N) is 1. The average molecular weight is 393 g/mol. The summed E-state index contributed by atoms with van der Waals surface area (Å²) in [6.45, 7) is 2.63. The van der Waals surface area contributed by atoms with Crippen molar-refractivity contribution in [2.24, 2.45) is 0 Å². The van der Waals surface area contributed by atoms with Gasteiger partial charge in [-0.3, -0.25) is 14.2 Å². The van der Waals surface area contributed by atoms with Crippen molar-refractivity contribution in [3.05, 3.63) is 58.9 Å². The zero-order valence-electron chi connectivity index (χ0n) is 15.3. The van der Waals surface area contributed by atoms with Crippen LogP contribution < -0.4 is 15.6 Å². The van der Waals surface area contributed by atoms with Gasteiger partial charge in [-0.05, 0) is 43.3 Å². The maximum atomic E-state index is 13.1. The van der Waals surface area contributed by atoms with Crippen LogP contribution >= 0.6 is 11.8 Å². The van der Waals surface area contributed by atoms with E-state index in [-0.39, 0.29) is 23.8 Å². The minimum absolute atomic E-state index is 0.101. The van der Waals surface area contributed by atoms with E-state index in [0.717, 1.165) is 5.75 Å². The molecular weight excluding hydrogens is 374 g/mol. The number of thioether (sulfide) groups is 1. The van der Waals surface area contributed by atoms with Crippen LogP contribution in [0.15, 0.2) is 58.5 Å². The first-order valence-electron chi connectivity index (χ1n) is 8.72. The van der Waals surface area contributed by atoms with E-state index >= 15 is 0 Å². The highest BCUT2D eigenvalue weighted by atomic mass is 32.2. The zero-order chi connectivity index (χ0) is 19.9. The van der Waals surface area contributed by atoms with Crippen molar-refractivity contribution in [3.8, 4) is 23.8 Å². The Kier molecular flexibility index (Phi) is 6.35. The molecule has 0 saturated heterocycles. The Morgan fingerprint density at radius 3 is 2.71 bits per heavy atom. The Balaban J connectivity index is 2.03. The van der Waals surface area contributed by atoms with E-state index in [0.29, 0.717) is 28.4 Å². The van der Waals surface area contributed by atoms with E-state index in [1.54, 1.807) is 42.5 Å². The Bertz CT molecular complexity index is 1080. The molecule has 0 fully saturated rings. The Hall–Kier alpha value is -3.24. The molecule has 0 aliphatic carbocycles. The van der Waals surface area contributed by atoms with Gasteiger partial charge in [0.2, 0.25) is 5.91 Å². The maximum absolute atomic E-state index is 13.1. The highest BCUT2D eigenvalue weighted by molar-refractivity contribution is 7.99. The number of benzene rings is 2. The molecule has 3 rings (SSSR count). The number of fused-ring (bicyclic) bond motifs is 1. The molecule has 0 atom stereocenters. The summed E-state index contributed by atoms with van der Waals surface area (Å²) in [5.41, 5.74) is 1.04. The second-order valence-corrected chi connectivity index (χ2v) is 6.69. The van der Waals surface area contributed by atoms with Crippen LogP contribution in [0, 0.1) is 12.3 Å². The summed E-state index contributed by atoms with van der Waals surface area (Å²) in [4.78, 5) is 29.7. The third kappa shape index (κ3) is 4.35. The summed E-state index contributed by atoms with van der Waals surface area (Å²) in [5, 5.41) is 3.55. The van der Waals surface area contributed by atoms with Crippen molar-refractivity contribution in [1.29, 1.82) is 0 Å². The van der Waals surface area contributed by atoms with Crippen LogP contribution in [0.1, 0.15) is 6.92 Å². The van der Waals surface area contributed by atoms with Gasteiger partial charge in [0.1, 0.15) is 5.75 Å². The largest absolute Gasteiger partial charge is 0.494 e. The van der Waals surface area contributed by atoms with Crippen molar-refractivity contribution < 1.29 is 9.53 Å². The lowest BCUT2D eigenvalue weighted by atomic mass is 10.2. The van der Waals surface area contributed by atoms with Crippen LogP contribution in [0.2, 0.25) is 0 Å². The molecule has 1 heterocycles. The number of terminal acetylenes is 1. The molecule has 0 radical (unpaired) electrons. The SMILES string of the molecule is C#CCNC(=O)CSc1nc2ccccc2c(=O)n1-c1ccc(OCC)cc1. The molecule has 142 valence electrons. The molecule has 1 N–H and O–H groups in total. The van der Waals surface area contributed by atoms with Crippen molar-refractivity contribution in [1.82, 2.24) is 14.9 Å². The molecule has 6 nitrogen and oxygen atoms in total. The van der Waals surface area contributed by atoms with Gasteiger partial charge in [0, 0.05) is 0 Å². The number of ether oxygens (including phenoxy) is 1. The first-order chi connectivity index (χ1) is 13.6. The summed E-state index contributed by atoms with van der Waals surface area (Å²) in [5.74, 6) is 2.96. The average Bonchev–Trinajstić information content (AvgIpc) is 2.72. The molecule has 0 spiro atoms. The summed E-state index contributed by atoms with van der Waals surface area (Å²) in [6, 6.07) is 14.3. The predicted molar refractivity (Wildman–Crippen MR) is 111 cm³/mol. The maximum Gasteiger partial charge on any atom is 0.266 e. The Labute approximate surface area is 166 Å². The molecule has 0 aliphatic heterocycles. The molecule has 1 amide bonds. The lowest BCUT2D eigenvalue weighted by molar-refractivity contribution is -0.118. The summed E-state index contributed by atoms with van der Waals surface area (Å²) >= 11 is 1.18. The van der Waals surface area contributed by atoms with Gasteiger partial charge in [0.25, 0.3) is 5.56 Å². The minimum Gasteiger partial charge on any atom is -0.494 e. The van der Waals surface area contributed by atoms with Gasteiger partial charge in [-0.15, -0.1) is 6.42 Å². The van der Waals surface area contributed by atoms with E-state index in [2.05, 4.69) is 16.2 Å². The fourth-order valence-electron chi connectivity index (χ4n) is 2.63. The fourth-order valence-corrected chi connectivity index (χ4v) is 3.47. The van der Waals surface area contributed by atoms with Gasteiger partial charge in [0.05, 0.1) is 35.5 Å². The van der Waals surface area contributed by atoms with E-state index in [1.807, 2.05) is 13.0 Å². The summed E-state index contributed by atoms with van der Waals surface area (Å²) in [7, 11) is 0. The monoisotopic (exact) mass is 393 g/mol. The van der Waals surface area contributed by atoms with Crippen molar-refractivity contribution in [3.63, 3.8) is 0 Å². The van der Waals surface area contributed by atoms with Crippen LogP contribution in [0.3, 0.4) is 0 Å². The molecule has 28 heavy (non-hydrogen) atoms. The fraction of sp³-hybridized carbons (Fsp3) is 0.190. The van der Waals surface area contributed by atoms with Crippen molar-refractivity contribution in [2.75, 3.05) is 18.9 Å². The van der Waals surface area contributed by atoms with Crippen LogP contribution in [0.5, 0.6) is 5.75 Å².